The molecule has 1 unspecified atom stereocenters. The summed E-state index contributed by atoms with van der Waals surface area (Å²) < 4.78 is 24.2. The molecule has 1 aromatic heterocycles. The minimum atomic E-state index is -2.62. The van der Waals surface area contributed by atoms with Gasteiger partial charge in [-0.25, -0.2) is 13.8 Å². The molecule has 0 aliphatic carbocycles. The summed E-state index contributed by atoms with van der Waals surface area (Å²) in [6.45, 7) is 0. The summed E-state index contributed by atoms with van der Waals surface area (Å²) in [5.74, 6) is 0. The van der Waals surface area contributed by atoms with Gasteiger partial charge in [-0.2, -0.15) is 0 Å². The van der Waals surface area contributed by atoms with Crippen molar-refractivity contribution in [3.05, 3.63) is 29.0 Å². The molecule has 0 bridgehead atoms. The lowest BCUT2D eigenvalue weighted by atomic mass is 10.1. The summed E-state index contributed by atoms with van der Waals surface area (Å²) >= 11 is 5.54. The molecular weight excluding hydrogens is 186 g/mol. The highest BCUT2D eigenvalue weighted by molar-refractivity contribution is 6.30. The number of rotatable bonds is 2. The number of halogens is 3. The summed E-state index contributed by atoms with van der Waals surface area (Å²) in [5, 5.41) is 0.0327. The standard InChI is InChI=1S/C7H7ClF2N2/c8-6-4(2-1-3-12-6)5(11)7(9)10/h1-3,5,7H,11H2. The third kappa shape index (κ3) is 1.89. The van der Waals surface area contributed by atoms with Crippen molar-refractivity contribution in [2.75, 3.05) is 0 Å². The molecule has 1 atom stereocenters. The highest BCUT2D eigenvalue weighted by atomic mass is 35.5. The van der Waals surface area contributed by atoms with Crippen LogP contribution in [0.1, 0.15) is 11.6 Å². The fraction of sp³-hybridized carbons (Fsp3) is 0.286. The summed E-state index contributed by atoms with van der Waals surface area (Å²) in [4.78, 5) is 3.63. The molecule has 5 heteroatoms. The Morgan fingerprint density at radius 2 is 2.17 bits per heavy atom. The largest absolute Gasteiger partial charge is 0.319 e. The molecule has 1 aromatic rings. The highest BCUT2D eigenvalue weighted by Crippen LogP contribution is 2.22. The first-order chi connectivity index (χ1) is 5.63. The molecule has 0 radical (unpaired) electrons. The Balaban J connectivity index is 2.94. The van der Waals surface area contributed by atoms with E-state index in [-0.39, 0.29) is 10.7 Å². The van der Waals surface area contributed by atoms with Crippen molar-refractivity contribution in [1.82, 2.24) is 4.98 Å². The van der Waals surface area contributed by atoms with E-state index in [1.807, 2.05) is 0 Å². The molecule has 0 amide bonds. The molecule has 0 aliphatic rings. The number of nitrogens with two attached hydrogens (primary N) is 1. The molecule has 2 nitrogen and oxygen atoms in total. The number of alkyl halides is 2. The first kappa shape index (κ1) is 9.35. The monoisotopic (exact) mass is 192 g/mol. The maximum atomic E-state index is 12.1. The van der Waals surface area contributed by atoms with Gasteiger partial charge < -0.3 is 5.73 Å². The van der Waals surface area contributed by atoms with Crippen LogP contribution in [0.15, 0.2) is 18.3 Å². The van der Waals surface area contributed by atoms with Crippen molar-refractivity contribution in [3.8, 4) is 0 Å². The predicted molar refractivity (Wildman–Crippen MR) is 42.2 cm³/mol. The Bertz CT molecular complexity index is 267. The van der Waals surface area contributed by atoms with Crippen molar-refractivity contribution < 1.29 is 8.78 Å². The van der Waals surface area contributed by atoms with Crippen LogP contribution in [0.5, 0.6) is 0 Å². The summed E-state index contributed by atoms with van der Waals surface area (Å²) in [6, 6.07) is 1.60. The van der Waals surface area contributed by atoms with Crippen molar-refractivity contribution in [3.63, 3.8) is 0 Å². The highest BCUT2D eigenvalue weighted by Gasteiger charge is 2.19. The zero-order chi connectivity index (χ0) is 9.14. The average molecular weight is 193 g/mol. The summed E-state index contributed by atoms with van der Waals surface area (Å²) in [7, 11) is 0. The van der Waals surface area contributed by atoms with Crippen LogP contribution in [0.2, 0.25) is 5.15 Å². The van der Waals surface area contributed by atoms with E-state index in [4.69, 9.17) is 17.3 Å². The second-order valence-corrected chi connectivity index (χ2v) is 2.60. The zero-order valence-electron chi connectivity index (χ0n) is 6.05. The normalized spacial score (nSPS) is 13.4. The topological polar surface area (TPSA) is 38.9 Å². The van der Waals surface area contributed by atoms with Gasteiger partial charge in [0.25, 0.3) is 6.43 Å². The van der Waals surface area contributed by atoms with Crippen LogP contribution in [0.3, 0.4) is 0 Å². The number of pyridine rings is 1. The Morgan fingerprint density at radius 3 is 2.67 bits per heavy atom. The van der Waals surface area contributed by atoms with Crippen molar-refractivity contribution in [2.24, 2.45) is 5.73 Å². The molecule has 0 aromatic carbocycles. The SMILES string of the molecule is NC(c1cccnc1Cl)C(F)F. The summed E-state index contributed by atoms with van der Waals surface area (Å²) in [6.07, 6.45) is -1.20. The molecule has 66 valence electrons. The molecule has 0 spiro atoms. The van der Waals surface area contributed by atoms with Crippen molar-refractivity contribution in [1.29, 1.82) is 0 Å². The second kappa shape index (κ2) is 3.78. The fourth-order valence-corrected chi connectivity index (χ4v) is 1.03. The number of nitrogens with zero attached hydrogens (tertiary/aromatic N) is 1. The van der Waals surface area contributed by atoms with E-state index in [1.165, 1.54) is 18.3 Å². The van der Waals surface area contributed by atoms with Crippen LogP contribution in [0, 0.1) is 0 Å². The average Bonchev–Trinajstić information content (AvgIpc) is 2.04. The Kier molecular flexibility index (Phi) is 2.94. The lowest BCUT2D eigenvalue weighted by molar-refractivity contribution is 0.116. The summed E-state index contributed by atoms with van der Waals surface area (Å²) in [5.41, 5.74) is 5.34. The van der Waals surface area contributed by atoms with Crippen LogP contribution in [-0.4, -0.2) is 11.4 Å². The van der Waals surface area contributed by atoms with E-state index < -0.39 is 12.5 Å². The van der Waals surface area contributed by atoms with Gasteiger partial charge in [0.05, 0.1) is 6.04 Å². The molecular formula is C7H7ClF2N2. The third-order valence-electron chi connectivity index (χ3n) is 1.42. The number of aromatic nitrogens is 1. The van der Waals surface area contributed by atoms with Crippen LogP contribution in [0.4, 0.5) is 8.78 Å². The maximum Gasteiger partial charge on any atom is 0.257 e. The van der Waals surface area contributed by atoms with E-state index in [0.717, 1.165) is 0 Å². The van der Waals surface area contributed by atoms with Crippen LogP contribution >= 0.6 is 11.6 Å². The van der Waals surface area contributed by atoms with E-state index in [0.29, 0.717) is 0 Å². The van der Waals surface area contributed by atoms with Crippen LogP contribution in [0.25, 0.3) is 0 Å². The molecule has 1 rings (SSSR count). The minimum absolute atomic E-state index is 0.0327. The van der Waals surface area contributed by atoms with E-state index in [2.05, 4.69) is 4.98 Å². The molecule has 0 fully saturated rings. The van der Waals surface area contributed by atoms with Crippen molar-refractivity contribution >= 4 is 11.6 Å². The van der Waals surface area contributed by atoms with Gasteiger partial charge in [0.1, 0.15) is 5.15 Å². The molecule has 0 saturated heterocycles. The predicted octanol–water partition coefficient (Wildman–Crippen LogP) is 2.00. The van der Waals surface area contributed by atoms with Gasteiger partial charge in [0, 0.05) is 11.8 Å². The smallest absolute Gasteiger partial charge is 0.257 e. The van der Waals surface area contributed by atoms with Gasteiger partial charge in [-0.1, -0.05) is 17.7 Å². The van der Waals surface area contributed by atoms with Crippen molar-refractivity contribution in [2.45, 2.75) is 12.5 Å². The minimum Gasteiger partial charge on any atom is -0.319 e. The maximum absolute atomic E-state index is 12.1. The first-order valence-electron chi connectivity index (χ1n) is 3.27. The zero-order valence-corrected chi connectivity index (χ0v) is 6.80. The number of hydrogen-bond donors (Lipinski definition) is 1. The lowest BCUT2D eigenvalue weighted by Crippen LogP contribution is -2.19. The van der Waals surface area contributed by atoms with Gasteiger partial charge in [-0.15, -0.1) is 0 Å². The Morgan fingerprint density at radius 1 is 1.50 bits per heavy atom. The molecule has 0 aliphatic heterocycles. The van der Waals surface area contributed by atoms with Gasteiger partial charge in [0.2, 0.25) is 0 Å². The van der Waals surface area contributed by atoms with Crippen LogP contribution in [-0.2, 0) is 0 Å². The van der Waals surface area contributed by atoms with Gasteiger partial charge in [-0.3, -0.25) is 0 Å². The Hall–Kier alpha value is -0.740. The fourth-order valence-electron chi connectivity index (χ4n) is 0.783. The van der Waals surface area contributed by atoms with Crippen LogP contribution < -0.4 is 5.73 Å². The molecule has 1 heterocycles. The van der Waals surface area contributed by atoms with Gasteiger partial charge >= 0.3 is 0 Å². The number of hydrogen-bond acceptors (Lipinski definition) is 2. The second-order valence-electron chi connectivity index (χ2n) is 2.24. The van der Waals surface area contributed by atoms with Gasteiger partial charge in [-0.05, 0) is 6.07 Å². The molecule has 0 saturated carbocycles. The van der Waals surface area contributed by atoms with E-state index in [9.17, 15) is 8.78 Å². The molecule has 2 N–H and O–H groups in total. The third-order valence-corrected chi connectivity index (χ3v) is 1.73. The van der Waals surface area contributed by atoms with E-state index in [1.54, 1.807) is 0 Å². The quantitative estimate of drug-likeness (QED) is 0.728. The Labute approximate surface area is 73.4 Å². The van der Waals surface area contributed by atoms with E-state index >= 15 is 0 Å². The van der Waals surface area contributed by atoms with Gasteiger partial charge in [0.15, 0.2) is 0 Å². The molecule has 12 heavy (non-hydrogen) atoms. The first-order valence-corrected chi connectivity index (χ1v) is 3.65. The lowest BCUT2D eigenvalue weighted by Gasteiger charge is -2.10.